The Morgan fingerprint density at radius 1 is 0.405 bits per heavy atom. The predicted molar refractivity (Wildman–Crippen MR) is 190 cm³/mol. The Labute approximate surface area is 257 Å². The second kappa shape index (κ2) is 12.8. The minimum Gasteiger partial charge on any atom is -0.0622 e. The number of benzene rings is 5. The third-order valence-corrected chi connectivity index (χ3v) is 16.0. The summed E-state index contributed by atoms with van der Waals surface area (Å²) in [7, 11) is -3.33. The number of rotatable bonds is 8. The molecule has 2 heteroatoms. The van der Waals surface area contributed by atoms with E-state index in [0.717, 1.165) is 0 Å². The van der Waals surface area contributed by atoms with Crippen LogP contribution in [0.2, 0.25) is 6.04 Å². The normalized spacial score (nSPS) is 12.2. The average molecular weight is 583 g/mol. The van der Waals surface area contributed by atoms with E-state index in [9.17, 15) is 0 Å². The first-order valence-electron chi connectivity index (χ1n) is 15.4. The van der Waals surface area contributed by atoms with Crippen LogP contribution in [0.5, 0.6) is 0 Å². The van der Waals surface area contributed by atoms with Gasteiger partial charge in [-0.2, -0.15) is 0 Å². The molecule has 0 spiro atoms. The third kappa shape index (κ3) is 7.11. The summed E-state index contributed by atoms with van der Waals surface area (Å²) < 4.78 is 0. The molecular weight excluding hydrogens is 537 g/mol. The zero-order valence-electron chi connectivity index (χ0n) is 26.8. The summed E-state index contributed by atoms with van der Waals surface area (Å²) in [5.41, 5.74) is 13.0. The molecule has 0 bridgehead atoms. The van der Waals surface area contributed by atoms with E-state index < -0.39 is 17.6 Å². The highest BCUT2D eigenvalue weighted by Gasteiger charge is 2.33. The van der Waals surface area contributed by atoms with E-state index in [4.69, 9.17) is 0 Å². The second-order valence-electron chi connectivity index (χ2n) is 13.0. The van der Waals surface area contributed by atoms with E-state index in [0.29, 0.717) is 5.54 Å². The van der Waals surface area contributed by atoms with Gasteiger partial charge in [-0.1, -0.05) is 168 Å². The molecule has 0 aromatic heterocycles. The van der Waals surface area contributed by atoms with Crippen LogP contribution in [0.3, 0.4) is 0 Å². The van der Waals surface area contributed by atoms with Crippen LogP contribution >= 0.6 is 0 Å². The van der Waals surface area contributed by atoms with Gasteiger partial charge in [-0.05, 0) is 72.5 Å². The van der Waals surface area contributed by atoms with Crippen molar-refractivity contribution < 1.29 is 0 Å². The highest BCUT2D eigenvalue weighted by Crippen LogP contribution is 2.27. The number of aryl methyl sites for hydroxylation is 8. The molecule has 0 aliphatic rings. The molecule has 5 aromatic carbocycles. The molecule has 1 atom stereocenters. The van der Waals surface area contributed by atoms with E-state index >= 15 is 0 Å². The van der Waals surface area contributed by atoms with Gasteiger partial charge in [-0.25, -0.2) is 0 Å². The highest BCUT2D eigenvalue weighted by atomic mass is 28.3. The summed E-state index contributed by atoms with van der Waals surface area (Å²) in [5.74, 6) is 0. The smallest absolute Gasteiger partial charge is 0.0622 e. The fourth-order valence-electron chi connectivity index (χ4n) is 7.34. The molecule has 0 nitrogen and oxygen atoms in total. The molecule has 5 aromatic rings. The fraction of sp³-hybridized carbons (Fsp3) is 0.250. The molecular formula is C40H46Si2. The first-order valence-corrected chi connectivity index (χ1v) is 19.2. The summed E-state index contributed by atoms with van der Waals surface area (Å²) in [6, 6.07) is 42.0. The first-order chi connectivity index (χ1) is 20.0. The molecule has 0 radical (unpaired) electrons. The maximum Gasteiger partial charge on any atom is 0.110 e. The van der Waals surface area contributed by atoms with Gasteiger partial charge in [0, 0.05) is 0 Å². The zero-order valence-corrected chi connectivity index (χ0v) is 29.1. The first kappa shape index (κ1) is 30.0. The molecule has 214 valence electrons. The Balaban J connectivity index is 1.77. The van der Waals surface area contributed by atoms with Crippen LogP contribution < -0.4 is 20.7 Å². The summed E-state index contributed by atoms with van der Waals surface area (Å²) >= 11 is 0. The van der Waals surface area contributed by atoms with Crippen molar-refractivity contribution in [2.24, 2.45) is 0 Å². The van der Waals surface area contributed by atoms with Crippen molar-refractivity contribution in [1.29, 1.82) is 0 Å². The quantitative estimate of drug-likeness (QED) is 0.175. The lowest BCUT2D eigenvalue weighted by Gasteiger charge is -2.32. The van der Waals surface area contributed by atoms with Crippen LogP contribution in [0.4, 0.5) is 0 Å². The van der Waals surface area contributed by atoms with Crippen molar-refractivity contribution >= 4 is 38.3 Å². The Bertz CT molecular complexity index is 1520. The van der Waals surface area contributed by atoms with Gasteiger partial charge in [0.25, 0.3) is 0 Å². The van der Waals surface area contributed by atoms with Crippen molar-refractivity contribution in [3.63, 3.8) is 0 Å². The van der Waals surface area contributed by atoms with E-state index in [1.54, 1.807) is 20.7 Å². The van der Waals surface area contributed by atoms with Gasteiger partial charge in [0.05, 0.1) is 0 Å². The van der Waals surface area contributed by atoms with Gasteiger partial charge in [-0.15, -0.1) is 0 Å². The van der Waals surface area contributed by atoms with Gasteiger partial charge in [0.15, 0.2) is 0 Å². The molecule has 0 saturated heterocycles. The Hall–Kier alpha value is -3.47. The van der Waals surface area contributed by atoms with Crippen LogP contribution in [0.25, 0.3) is 0 Å². The lowest BCUT2D eigenvalue weighted by atomic mass is 10.1. The van der Waals surface area contributed by atoms with Crippen molar-refractivity contribution in [3.05, 3.63) is 153 Å². The molecule has 0 aliphatic carbocycles. The summed E-state index contributed by atoms with van der Waals surface area (Å²) in [5, 5.41) is 6.29. The van der Waals surface area contributed by atoms with E-state index in [1.807, 2.05) is 0 Å². The molecule has 5 rings (SSSR count). The largest absolute Gasteiger partial charge is 0.110 e. The summed E-state index contributed by atoms with van der Waals surface area (Å²) in [4.78, 5) is 0. The molecule has 0 saturated carbocycles. The summed E-state index contributed by atoms with van der Waals surface area (Å²) in [6.07, 6.45) is 0. The molecule has 0 heterocycles. The molecule has 1 unspecified atom stereocenters. The summed E-state index contributed by atoms with van der Waals surface area (Å²) in [6.45, 7) is 18.1. The number of hydrogen-bond acceptors (Lipinski definition) is 0. The van der Waals surface area contributed by atoms with Crippen molar-refractivity contribution in [3.8, 4) is 0 Å². The number of hydrogen-bond donors (Lipinski definition) is 0. The topological polar surface area (TPSA) is 0 Å². The van der Waals surface area contributed by atoms with Gasteiger partial charge >= 0.3 is 0 Å². The van der Waals surface area contributed by atoms with Crippen LogP contribution in [-0.2, 0) is 0 Å². The molecule has 0 amide bonds. The monoisotopic (exact) mass is 582 g/mol. The lowest BCUT2D eigenvalue weighted by molar-refractivity contribution is 1.04. The Morgan fingerprint density at radius 2 is 0.714 bits per heavy atom. The van der Waals surface area contributed by atoms with Crippen molar-refractivity contribution in [2.75, 3.05) is 0 Å². The molecule has 0 fully saturated rings. The highest BCUT2D eigenvalue weighted by molar-refractivity contribution is 6.90. The molecule has 42 heavy (non-hydrogen) atoms. The van der Waals surface area contributed by atoms with Crippen LogP contribution in [0.15, 0.2) is 103 Å². The molecule has 0 aliphatic heterocycles. The average Bonchev–Trinajstić information content (AvgIpc) is 2.89. The van der Waals surface area contributed by atoms with E-state index in [1.165, 1.54) is 56.1 Å². The van der Waals surface area contributed by atoms with Crippen LogP contribution in [0, 0.1) is 55.4 Å². The Kier molecular flexibility index (Phi) is 9.15. The minimum absolute atomic E-state index is 0.479. The van der Waals surface area contributed by atoms with Gasteiger partial charge in [0.2, 0.25) is 0 Å². The van der Waals surface area contributed by atoms with Crippen LogP contribution in [-0.4, -0.2) is 17.6 Å². The maximum absolute atomic E-state index is 2.50. The van der Waals surface area contributed by atoms with Crippen molar-refractivity contribution in [1.82, 2.24) is 0 Å². The van der Waals surface area contributed by atoms with Gasteiger partial charge in [0.1, 0.15) is 17.6 Å². The second-order valence-corrected chi connectivity index (χ2v) is 19.0. The maximum atomic E-state index is 2.50. The standard InChI is InChI=1S/C40H46Si2/c1-27-14-28(2)19-36(18-27)41(37-20-29(3)15-30(4)21-37)26-40(35-12-10-9-11-13-35)42(38-22-31(5)16-32(6)23-38)39-24-33(7)17-34(8)25-39/h9-25,40-42H,26H2,1-8H3. The molecule has 0 N–H and O–H groups in total. The Morgan fingerprint density at radius 3 is 1.05 bits per heavy atom. The SMILES string of the molecule is Cc1cc(C)cc([SiH](CC(c2ccccc2)[SiH](c2cc(C)cc(C)c2)c2cc(C)cc(C)c2)c2cc(C)cc(C)c2)c1. The fourth-order valence-corrected chi connectivity index (χ4v) is 16.5. The minimum atomic E-state index is -1.72. The third-order valence-electron chi connectivity index (χ3n) is 8.62. The van der Waals surface area contributed by atoms with Crippen LogP contribution in [0.1, 0.15) is 55.6 Å². The predicted octanol–water partition coefficient (Wildman–Crippen LogP) is 6.86. The van der Waals surface area contributed by atoms with Crippen molar-refractivity contribution in [2.45, 2.75) is 67.0 Å². The van der Waals surface area contributed by atoms with E-state index in [-0.39, 0.29) is 0 Å². The zero-order chi connectivity index (χ0) is 30.0. The van der Waals surface area contributed by atoms with E-state index in [2.05, 4.69) is 159 Å². The van der Waals surface area contributed by atoms with Gasteiger partial charge < -0.3 is 0 Å². The lowest BCUT2D eigenvalue weighted by Crippen LogP contribution is -2.52. The van der Waals surface area contributed by atoms with Gasteiger partial charge in [-0.3, -0.25) is 0 Å².